The Balaban J connectivity index is 1.77. The van der Waals surface area contributed by atoms with Gasteiger partial charge in [0.05, 0.1) is 5.75 Å². The van der Waals surface area contributed by atoms with Gasteiger partial charge in [-0.25, -0.2) is 8.42 Å². The minimum atomic E-state index is -3.58. The Kier molecular flexibility index (Phi) is 3.22. The molecule has 0 radical (unpaired) electrons. The molecular weight excluding hydrogens is 302 g/mol. The van der Waals surface area contributed by atoms with Crippen molar-refractivity contribution in [3.63, 3.8) is 0 Å². The molecule has 0 amide bonds. The largest absolute Gasteiger partial charge is 0.486 e. The van der Waals surface area contributed by atoms with Crippen LogP contribution in [0.4, 0.5) is 5.95 Å². The van der Waals surface area contributed by atoms with Gasteiger partial charge in [-0.3, -0.25) is 0 Å². The van der Waals surface area contributed by atoms with E-state index in [0.717, 1.165) is 11.5 Å². The summed E-state index contributed by atoms with van der Waals surface area (Å²) in [6.45, 7) is 0.171. The van der Waals surface area contributed by atoms with E-state index in [1.807, 2.05) is 6.07 Å². The van der Waals surface area contributed by atoms with Gasteiger partial charge >= 0.3 is 0 Å². The number of sulfone groups is 1. The molecule has 106 valence electrons. The van der Waals surface area contributed by atoms with E-state index in [1.165, 1.54) is 0 Å². The van der Waals surface area contributed by atoms with E-state index in [0.29, 0.717) is 11.5 Å². The van der Waals surface area contributed by atoms with E-state index in [9.17, 15) is 8.42 Å². The summed E-state index contributed by atoms with van der Waals surface area (Å²) in [4.78, 5) is 3.69. The molecule has 0 spiro atoms. The van der Waals surface area contributed by atoms with Crippen molar-refractivity contribution in [2.75, 3.05) is 18.1 Å². The van der Waals surface area contributed by atoms with Crippen molar-refractivity contribution in [2.24, 2.45) is 0 Å². The highest BCUT2D eigenvalue weighted by Crippen LogP contribution is 2.31. The molecule has 20 heavy (non-hydrogen) atoms. The number of hydrogen-bond acceptors (Lipinski definition) is 8. The van der Waals surface area contributed by atoms with E-state index in [-0.39, 0.29) is 22.6 Å². The van der Waals surface area contributed by atoms with Gasteiger partial charge in [0.1, 0.15) is 12.7 Å². The van der Waals surface area contributed by atoms with E-state index < -0.39 is 15.9 Å². The number of benzene rings is 1. The number of nitrogens with zero attached hydrogens (tertiary/aromatic N) is 2. The highest BCUT2D eigenvalue weighted by Gasteiger charge is 2.29. The van der Waals surface area contributed by atoms with Crippen LogP contribution >= 0.6 is 11.5 Å². The third-order valence-corrected chi connectivity index (χ3v) is 5.61. The molecule has 1 atom stereocenters. The first-order valence-corrected chi connectivity index (χ1v) is 8.17. The summed E-state index contributed by atoms with van der Waals surface area (Å²) in [5, 5.41) is 0. The maximum absolute atomic E-state index is 12.1. The molecule has 1 aromatic heterocycles. The van der Waals surface area contributed by atoms with Gasteiger partial charge in [-0.2, -0.15) is 9.36 Å². The van der Waals surface area contributed by atoms with Crippen molar-refractivity contribution in [3.05, 3.63) is 24.3 Å². The third kappa shape index (κ3) is 2.54. The summed E-state index contributed by atoms with van der Waals surface area (Å²) < 4.78 is 38.9. The average molecular weight is 313 g/mol. The van der Waals surface area contributed by atoms with Gasteiger partial charge in [-0.05, 0) is 12.1 Å². The number of aromatic nitrogens is 2. The number of fused-ring (bicyclic) bond motifs is 1. The molecule has 0 aliphatic carbocycles. The van der Waals surface area contributed by atoms with Crippen LogP contribution in [0.15, 0.2) is 28.6 Å². The second kappa shape index (κ2) is 4.91. The molecule has 3 rings (SSSR count). The van der Waals surface area contributed by atoms with Crippen LogP contribution in [-0.2, 0) is 9.84 Å². The number of hydrogen-bond donors (Lipinski definition) is 1. The van der Waals surface area contributed by atoms with Crippen molar-refractivity contribution in [1.82, 2.24) is 9.36 Å². The number of rotatable bonds is 3. The first-order valence-electron chi connectivity index (χ1n) is 5.75. The van der Waals surface area contributed by atoms with Gasteiger partial charge in [0.25, 0.3) is 0 Å². The monoisotopic (exact) mass is 313 g/mol. The molecule has 0 saturated carbocycles. The number of ether oxygens (including phenoxy) is 2. The first kappa shape index (κ1) is 13.1. The van der Waals surface area contributed by atoms with Crippen LogP contribution in [0.1, 0.15) is 0 Å². The highest BCUT2D eigenvalue weighted by molar-refractivity contribution is 7.93. The predicted octanol–water partition coefficient (Wildman–Crippen LogP) is 0.734. The average Bonchev–Trinajstić information content (AvgIpc) is 2.86. The van der Waals surface area contributed by atoms with Crippen LogP contribution < -0.4 is 15.2 Å². The summed E-state index contributed by atoms with van der Waals surface area (Å²) in [6.07, 6.45) is -0.583. The van der Waals surface area contributed by atoms with Crippen LogP contribution in [0.2, 0.25) is 0 Å². The SMILES string of the molecule is Nc1nsc(S(=O)(=O)CC2COc3ccccc3O2)n1. The quantitative estimate of drug-likeness (QED) is 0.890. The number of nitrogen functional groups attached to an aromatic ring is 1. The zero-order valence-electron chi connectivity index (χ0n) is 10.2. The fraction of sp³-hybridized carbons (Fsp3) is 0.273. The second-order valence-corrected chi connectivity index (χ2v) is 7.16. The zero-order chi connectivity index (χ0) is 14.2. The van der Waals surface area contributed by atoms with Crippen LogP contribution in [0.25, 0.3) is 0 Å². The molecule has 2 aromatic rings. The second-order valence-electron chi connectivity index (χ2n) is 4.20. The van der Waals surface area contributed by atoms with Crippen molar-refractivity contribution in [2.45, 2.75) is 10.4 Å². The minimum absolute atomic E-state index is 0.0419. The molecule has 0 saturated heterocycles. The molecule has 1 unspecified atom stereocenters. The minimum Gasteiger partial charge on any atom is -0.486 e. The standard InChI is InChI=1S/C11H11N3O4S2/c12-10-13-11(19-14-10)20(15,16)6-7-5-17-8-3-1-2-4-9(8)18-7/h1-4,7H,5-6H2,(H2,12,14). The van der Waals surface area contributed by atoms with Crippen LogP contribution in [0.3, 0.4) is 0 Å². The Morgan fingerprint density at radius 3 is 2.80 bits per heavy atom. The van der Waals surface area contributed by atoms with Crippen molar-refractivity contribution < 1.29 is 17.9 Å². The molecule has 2 heterocycles. The highest BCUT2D eigenvalue weighted by atomic mass is 32.2. The summed E-state index contributed by atoms with van der Waals surface area (Å²) in [7, 11) is -3.58. The van der Waals surface area contributed by atoms with Gasteiger partial charge < -0.3 is 15.2 Å². The van der Waals surface area contributed by atoms with E-state index in [2.05, 4.69) is 9.36 Å². The maximum atomic E-state index is 12.1. The molecule has 2 N–H and O–H groups in total. The molecule has 1 aliphatic rings. The Morgan fingerprint density at radius 1 is 1.35 bits per heavy atom. The fourth-order valence-corrected chi connectivity index (χ4v) is 3.95. The molecular formula is C11H11N3O4S2. The topological polar surface area (TPSA) is 104 Å². The predicted molar refractivity (Wildman–Crippen MR) is 72.7 cm³/mol. The first-order chi connectivity index (χ1) is 9.54. The molecule has 9 heteroatoms. The van der Waals surface area contributed by atoms with Gasteiger partial charge in [-0.15, -0.1) is 0 Å². The van der Waals surface area contributed by atoms with E-state index >= 15 is 0 Å². The Labute approximate surface area is 119 Å². The van der Waals surface area contributed by atoms with Crippen LogP contribution in [0, 0.1) is 0 Å². The van der Waals surface area contributed by atoms with Crippen molar-refractivity contribution in [1.29, 1.82) is 0 Å². The Bertz CT molecular complexity index is 729. The van der Waals surface area contributed by atoms with Crippen molar-refractivity contribution in [3.8, 4) is 11.5 Å². The van der Waals surface area contributed by atoms with Gasteiger partial charge in [0.15, 0.2) is 11.5 Å². The van der Waals surface area contributed by atoms with E-state index in [1.54, 1.807) is 18.2 Å². The smallest absolute Gasteiger partial charge is 0.233 e. The lowest BCUT2D eigenvalue weighted by Gasteiger charge is -2.25. The van der Waals surface area contributed by atoms with Gasteiger partial charge in [-0.1, -0.05) is 12.1 Å². The zero-order valence-corrected chi connectivity index (χ0v) is 11.9. The number of nitrogens with two attached hydrogens (primary N) is 1. The molecule has 0 bridgehead atoms. The molecule has 7 nitrogen and oxygen atoms in total. The summed E-state index contributed by atoms with van der Waals surface area (Å²) in [5.41, 5.74) is 5.34. The molecule has 1 aliphatic heterocycles. The van der Waals surface area contributed by atoms with Crippen molar-refractivity contribution >= 4 is 27.3 Å². The summed E-state index contributed by atoms with van der Waals surface area (Å²) in [6, 6.07) is 7.12. The number of anilines is 1. The lowest BCUT2D eigenvalue weighted by Crippen LogP contribution is -2.35. The van der Waals surface area contributed by atoms with Gasteiger partial charge in [0.2, 0.25) is 20.1 Å². The Morgan fingerprint density at radius 2 is 2.10 bits per heavy atom. The molecule has 0 fully saturated rings. The summed E-state index contributed by atoms with van der Waals surface area (Å²) in [5.74, 6) is 0.882. The molecule has 1 aromatic carbocycles. The Hall–Kier alpha value is -1.87. The maximum Gasteiger partial charge on any atom is 0.233 e. The summed E-state index contributed by atoms with van der Waals surface area (Å²) >= 11 is 0.760. The lowest BCUT2D eigenvalue weighted by molar-refractivity contribution is 0.106. The van der Waals surface area contributed by atoms with E-state index in [4.69, 9.17) is 15.2 Å². The van der Waals surface area contributed by atoms with Crippen LogP contribution in [-0.4, -0.2) is 36.2 Å². The van der Waals surface area contributed by atoms with Gasteiger partial charge in [0, 0.05) is 11.5 Å². The third-order valence-electron chi connectivity index (χ3n) is 2.66. The lowest BCUT2D eigenvalue weighted by atomic mass is 10.3. The normalized spacial score (nSPS) is 17.9. The number of para-hydroxylation sites is 2. The van der Waals surface area contributed by atoms with Crippen LogP contribution in [0.5, 0.6) is 11.5 Å². The fourth-order valence-electron chi connectivity index (χ4n) is 1.81.